The molecule has 1 aromatic heterocycles. The molecule has 2 aliphatic rings. The highest BCUT2D eigenvalue weighted by Crippen LogP contribution is 2.29. The summed E-state index contributed by atoms with van der Waals surface area (Å²) < 4.78 is 1.80. The van der Waals surface area contributed by atoms with Crippen LogP contribution in [0.25, 0.3) is 11.1 Å². The van der Waals surface area contributed by atoms with Crippen LogP contribution in [-0.2, 0) is 32.9 Å². The first-order valence-electron chi connectivity index (χ1n) is 11.8. The van der Waals surface area contributed by atoms with Gasteiger partial charge in [0.05, 0.1) is 0 Å². The van der Waals surface area contributed by atoms with Gasteiger partial charge in [-0.15, -0.1) is 0 Å². The second-order valence-corrected chi connectivity index (χ2v) is 9.68. The van der Waals surface area contributed by atoms with Crippen molar-refractivity contribution in [1.29, 1.82) is 0 Å². The summed E-state index contributed by atoms with van der Waals surface area (Å²) in [5.41, 5.74) is 8.83. The van der Waals surface area contributed by atoms with Crippen LogP contribution in [0.5, 0.6) is 0 Å². The normalized spacial score (nSPS) is 17.5. The maximum absolute atomic E-state index is 13.3. The van der Waals surface area contributed by atoms with Gasteiger partial charge in [-0.3, -0.25) is 14.5 Å². The van der Waals surface area contributed by atoms with E-state index >= 15 is 0 Å². The number of amides is 1. The van der Waals surface area contributed by atoms with Gasteiger partial charge < -0.3 is 9.88 Å². The van der Waals surface area contributed by atoms with E-state index in [9.17, 15) is 9.59 Å². The second-order valence-electron chi connectivity index (χ2n) is 9.68. The molecule has 0 fully saturated rings. The predicted molar refractivity (Wildman–Crippen MR) is 133 cm³/mol. The van der Waals surface area contributed by atoms with E-state index in [1.165, 1.54) is 23.1 Å². The molecule has 3 aromatic rings. The number of nitrogens with one attached hydrogen (secondary N) is 1. The van der Waals surface area contributed by atoms with Crippen LogP contribution >= 0.6 is 0 Å². The number of aromatic nitrogens is 1. The first kappa shape index (κ1) is 21.7. The maximum Gasteiger partial charge on any atom is 0.258 e. The Morgan fingerprint density at radius 3 is 2.58 bits per heavy atom. The molecule has 2 aromatic carbocycles. The lowest BCUT2D eigenvalue weighted by atomic mass is 9.93. The maximum atomic E-state index is 13.3. The third kappa shape index (κ3) is 3.91. The zero-order valence-corrected chi connectivity index (χ0v) is 19.9. The highest BCUT2D eigenvalue weighted by molar-refractivity contribution is 6.05. The molecule has 5 nitrogen and oxygen atoms in total. The minimum atomic E-state index is -0.155. The van der Waals surface area contributed by atoms with Gasteiger partial charge in [0.2, 0.25) is 0 Å². The van der Waals surface area contributed by atoms with Crippen molar-refractivity contribution in [2.45, 2.75) is 52.1 Å². The number of rotatable bonds is 3. The van der Waals surface area contributed by atoms with E-state index in [0.29, 0.717) is 17.2 Å². The third-order valence-electron chi connectivity index (χ3n) is 7.44. The molecule has 1 N–H and O–H groups in total. The van der Waals surface area contributed by atoms with Crippen molar-refractivity contribution in [3.8, 4) is 11.1 Å². The monoisotopic (exact) mass is 441 g/mol. The summed E-state index contributed by atoms with van der Waals surface area (Å²) in [6.07, 6.45) is 4.23. The number of nitrogens with zero attached hydrogens (tertiary/aromatic N) is 2. The summed E-state index contributed by atoms with van der Waals surface area (Å²) in [6.45, 7) is 4.99. The van der Waals surface area contributed by atoms with E-state index in [1.54, 1.807) is 4.57 Å². The van der Waals surface area contributed by atoms with E-state index in [4.69, 9.17) is 0 Å². The zero-order valence-electron chi connectivity index (χ0n) is 19.9. The standard InChI is InChI=1S/C28H31N3O2/c1-17-8-9-21(27(32)29-23-11-10-19-6-5-7-20(19)13-23)14-24(17)25-15-22-16-30(3)18(2)12-26(22)31(4)28(25)33/h8-11,13-15,18H,5-7,12,16H2,1-4H3,(H,29,32). The molecular weight excluding hydrogens is 410 g/mol. The number of carbonyl (C=O) groups is 1. The van der Waals surface area contributed by atoms with Gasteiger partial charge >= 0.3 is 0 Å². The van der Waals surface area contributed by atoms with Gasteiger partial charge in [-0.1, -0.05) is 12.1 Å². The molecule has 5 rings (SSSR count). The van der Waals surface area contributed by atoms with Crippen molar-refractivity contribution in [1.82, 2.24) is 9.47 Å². The fourth-order valence-electron chi connectivity index (χ4n) is 5.20. The fraction of sp³-hybridized carbons (Fsp3) is 0.357. The van der Waals surface area contributed by atoms with Gasteiger partial charge in [0.25, 0.3) is 11.5 Å². The topological polar surface area (TPSA) is 54.3 Å². The first-order valence-corrected chi connectivity index (χ1v) is 11.8. The second kappa shape index (κ2) is 8.31. The van der Waals surface area contributed by atoms with Crippen molar-refractivity contribution in [2.24, 2.45) is 7.05 Å². The van der Waals surface area contributed by atoms with Crippen molar-refractivity contribution >= 4 is 11.6 Å². The minimum Gasteiger partial charge on any atom is -0.322 e. The van der Waals surface area contributed by atoms with E-state index in [-0.39, 0.29) is 11.5 Å². The van der Waals surface area contributed by atoms with E-state index in [0.717, 1.165) is 48.3 Å². The van der Waals surface area contributed by atoms with Gasteiger partial charge in [-0.25, -0.2) is 0 Å². The largest absolute Gasteiger partial charge is 0.322 e. The number of hydrogen-bond donors (Lipinski definition) is 1. The lowest BCUT2D eigenvalue weighted by Crippen LogP contribution is -2.39. The summed E-state index contributed by atoms with van der Waals surface area (Å²) in [6, 6.07) is 14.2. The molecule has 2 heterocycles. The smallest absolute Gasteiger partial charge is 0.258 e. The number of benzene rings is 2. The predicted octanol–water partition coefficient (Wildman–Crippen LogP) is 4.48. The molecular formula is C28H31N3O2. The van der Waals surface area contributed by atoms with Crippen LogP contribution in [0.15, 0.2) is 47.3 Å². The SMILES string of the molecule is Cc1ccc(C(=O)Nc2ccc3c(c2)CCC3)cc1-c1cc2c(n(C)c1=O)CC(C)N(C)C2. The van der Waals surface area contributed by atoms with Crippen molar-refractivity contribution in [3.05, 3.63) is 86.3 Å². The van der Waals surface area contributed by atoms with Crippen LogP contribution in [0.2, 0.25) is 0 Å². The van der Waals surface area contributed by atoms with Crippen molar-refractivity contribution in [2.75, 3.05) is 12.4 Å². The van der Waals surface area contributed by atoms with Gasteiger partial charge in [0.15, 0.2) is 0 Å². The molecule has 0 saturated heterocycles. The lowest BCUT2D eigenvalue weighted by Gasteiger charge is -2.33. The Morgan fingerprint density at radius 2 is 1.76 bits per heavy atom. The van der Waals surface area contributed by atoms with Crippen LogP contribution < -0.4 is 10.9 Å². The van der Waals surface area contributed by atoms with Gasteiger partial charge in [0.1, 0.15) is 0 Å². The third-order valence-corrected chi connectivity index (χ3v) is 7.44. The number of pyridine rings is 1. The Balaban J connectivity index is 1.49. The number of anilines is 1. The number of likely N-dealkylation sites (N-methyl/N-ethyl adjacent to an activating group) is 1. The van der Waals surface area contributed by atoms with Crippen molar-refractivity contribution in [3.63, 3.8) is 0 Å². The molecule has 0 bridgehead atoms. The lowest BCUT2D eigenvalue weighted by molar-refractivity contribution is 0.102. The molecule has 0 saturated carbocycles. The van der Waals surface area contributed by atoms with Crippen LogP contribution in [0.3, 0.4) is 0 Å². The minimum absolute atomic E-state index is 0.00946. The molecule has 1 aliphatic heterocycles. The molecule has 170 valence electrons. The molecule has 0 radical (unpaired) electrons. The van der Waals surface area contributed by atoms with Crippen LogP contribution in [0, 0.1) is 6.92 Å². The van der Waals surface area contributed by atoms with Crippen LogP contribution in [-0.4, -0.2) is 28.5 Å². The highest BCUT2D eigenvalue weighted by Gasteiger charge is 2.24. The van der Waals surface area contributed by atoms with E-state index < -0.39 is 0 Å². The summed E-state index contributed by atoms with van der Waals surface area (Å²) in [5.74, 6) is -0.155. The quantitative estimate of drug-likeness (QED) is 0.652. The Hall–Kier alpha value is -3.18. The van der Waals surface area contributed by atoms with E-state index in [1.807, 2.05) is 44.3 Å². The summed E-state index contributed by atoms with van der Waals surface area (Å²) in [5, 5.41) is 3.04. The average molecular weight is 442 g/mol. The Morgan fingerprint density at radius 1 is 0.970 bits per heavy atom. The number of aryl methyl sites for hydroxylation is 3. The molecule has 1 unspecified atom stereocenters. The Bertz CT molecular complexity index is 1320. The fourth-order valence-corrected chi connectivity index (χ4v) is 5.20. The summed E-state index contributed by atoms with van der Waals surface area (Å²) >= 11 is 0. The molecule has 1 atom stereocenters. The zero-order chi connectivity index (χ0) is 23.3. The highest BCUT2D eigenvalue weighted by atomic mass is 16.1. The number of fused-ring (bicyclic) bond motifs is 2. The average Bonchev–Trinajstić information content (AvgIpc) is 3.26. The molecule has 33 heavy (non-hydrogen) atoms. The van der Waals surface area contributed by atoms with Gasteiger partial charge in [-0.05, 0) is 98.3 Å². The van der Waals surface area contributed by atoms with Gasteiger partial charge in [-0.2, -0.15) is 0 Å². The first-order chi connectivity index (χ1) is 15.8. The summed E-state index contributed by atoms with van der Waals surface area (Å²) in [7, 11) is 3.98. The Labute approximate surface area is 195 Å². The van der Waals surface area contributed by atoms with Crippen molar-refractivity contribution < 1.29 is 4.79 Å². The van der Waals surface area contributed by atoms with Crippen LogP contribution in [0.1, 0.15) is 51.7 Å². The molecule has 1 amide bonds. The number of hydrogen-bond acceptors (Lipinski definition) is 3. The van der Waals surface area contributed by atoms with Crippen LogP contribution in [0.4, 0.5) is 5.69 Å². The molecule has 1 aliphatic carbocycles. The Kier molecular flexibility index (Phi) is 5.45. The molecule has 0 spiro atoms. The summed E-state index contributed by atoms with van der Waals surface area (Å²) in [4.78, 5) is 28.7. The molecule has 5 heteroatoms. The van der Waals surface area contributed by atoms with Gasteiger partial charge in [0, 0.05) is 48.6 Å². The number of carbonyl (C=O) groups excluding carboxylic acids is 1. The van der Waals surface area contributed by atoms with E-state index in [2.05, 4.69) is 36.3 Å².